The van der Waals surface area contributed by atoms with Gasteiger partial charge in [-0.25, -0.2) is 14.0 Å². The summed E-state index contributed by atoms with van der Waals surface area (Å²) in [5, 5.41) is 11.3. The number of hydrogen-bond donors (Lipinski definition) is 2. The van der Waals surface area contributed by atoms with Crippen molar-refractivity contribution in [3.63, 3.8) is 0 Å². The Kier molecular flexibility index (Phi) is 4.42. The monoisotopic (exact) mass is 296 g/mol. The molecule has 1 fully saturated rings. The molecule has 1 saturated heterocycles. The highest BCUT2D eigenvalue weighted by Crippen LogP contribution is 2.20. The molecule has 1 aliphatic heterocycles. The molecule has 0 bridgehead atoms. The molecule has 1 aromatic carbocycles. The van der Waals surface area contributed by atoms with Gasteiger partial charge in [-0.2, -0.15) is 0 Å². The molecule has 2 atom stereocenters. The first-order valence-corrected chi connectivity index (χ1v) is 6.58. The van der Waals surface area contributed by atoms with Gasteiger partial charge in [-0.1, -0.05) is 0 Å². The van der Waals surface area contributed by atoms with E-state index in [-0.39, 0.29) is 23.9 Å². The number of hydrogen-bond acceptors (Lipinski definition) is 3. The standard InChI is InChI=1S/C14H17FN2O4/c1-8-12(5-6-21-8)17(2)14(20)16-9-3-4-10(13(18)19)11(15)7-9/h3-4,7-8,12H,5-6H2,1-2H3,(H,16,20)(H,18,19). The summed E-state index contributed by atoms with van der Waals surface area (Å²) in [7, 11) is 1.65. The average molecular weight is 296 g/mol. The number of carbonyl (C=O) groups excluding carboxylic acids is 1. The number of urea groups is 1. The first-order valence-electron chi connectivity index (χ1n) is 6.58. The van der Waals surface area contributed by atoms with Crippen LogP contribution in [0.25, 0.3) is 0 Å². The van der Waals surface area contributed by atoms with Crippen LogP contribution >= 0.6 is 0 Å². The Morgan fingerprint density at radius 3 is 2.71 bits per heavy atom. The number of carbonyl (C=O) groups is 2. The van der Waals surface area contributed by atoms with E-state index < -0.39 is 17.3 Å². The van der Waals surface area contributed by atoms with Crippen LogP contribution in [0.15, 0.2) is 18.2 Å². The summed E-state index contributed by atoms with van der Waals surface area (Å²) >= 11 is 0. The topological polar surface area (TPSA) is 78.9 Å². The van der Waals surface area contributed by atoms with Crippen LogP contribution in [0, 0.1) is 5.82 Å². The second-order valence-corrected chi connectivity index (χ2v) is 4.97. The molecule has 114 valence electrons. The van der Waals surface area contributed by atoms with E-state index in [0.29, 0.717) is 6.61 Å². The van der Waals surface area contributed by atoms with Gasteiger partial charge in [0.05, 0.1) is 17.7 Å². The van der Waals surface area contributed by atoms with Gasteiger partial charge in [-0.05, 0) is 31.5 Å². The molecule has 21 heavy (non-hydrogen) atoms. The van der Waals surface area contributed by atoms with Crippen molar-refractivity contribution in [1.82, 2.24) is 4.90 Å². The predicted molar refractivity (Wildman–Crippen MR) is 74.0 cm³/mol. The zero-order valence-corrected chi connectivity index (χ0v) is 11.8. The van der Waals surface area contributed by atoms with Gasteiger partial charge in [0.15, 0.2) is 0 Å². The van der Waals surface area contributed by atoms with E-state index in [1.54, 1.807) is 7.05 Å². The van der Waals surface area contributed by atoms with Gasteiger partial charge in [0.1, 0.15) is 5.82 Å². The van der Waals surface area contributed by atoms with Gasteiger partial charge >= 0.3 is 12.0 Å². The first kappa shape index (κ1) is 15.2. The Morgan fingerprint density at radius 1 is 1.48 bits per heavy atom. The zero-order chi connectivity index (χ0) is 15.6. The third-order valence-corrected chi connectivity index (χ3v) is 3.60. The molecule has 0 aliphatic carbocycles. The van der Waals surface area contributed by atoms with Crippen LogP contribution in [0.1, 0.15) is 23.7 Å². The number of benzene rings is 1. The molecule has 0 radical (unpaired) electrons. The number of rotatable bonds is 3. The minimum Gasteiger partial charge on any atom is -0.478 e. The van der Waals surface area contributed by atoms with Crippen molar-refractivity contribution in [3.05, 3.63) is 29.6 Å². The lowest BCUT2D eigenvalue weighted by molar-refractivity contribution is 0.0692. The van der Waals surface area contributed by atoms with E-state index in [1.165, 1.54) is 11.0 Å². The summed E-state index contributed by atoms with van der Waals surface area (Å²) in [4.78, 5) is 24.3. The molecule has 0 aromatic heterocycles. The maximum atomic E-state index is 13.5. The van der Waals surface area contributed by atoms with Crippen LogP contribution in [0.5, 0.6) is 0 Å². The number of nitrogens with zero attached hydrogens (tertiary/aromatic N) is 1. The van der Waals surface area contributed by atoms with Crippen molar-refractivity contribution in [3.8, 4) is 0 Å². The first-order chi connectivity index (χ1) is 9.90. The maximum Gasteiger partial charge on any atom is 0.338 e. The SMILES string of the molecule is CC1OCCC1N(C)C(=O)Nc1ccc(C(=O)O)c(F)c1. The summed E-state index contributed by atoms with van der Waals surface area (Å²) in [6.45, 7) is 2.49. The highest BCUT2D eigenvalue weighted by Gasteiger charge is 2.30. The van der Waals surface area contributed by atoms with Gasteiger partial charge in [0, 0.05) is 19.3 Å². The minimum absolute atomic E-state index is 0.0341. The van der Waals surface area contributed by atoms with Crippen LogP contribution in [0.2, 0.25) is 0 Å². The molecule has 0 saturated carbocycles. The number of ether oxygens (including phenoxy) is 1. The Bertz CT molecular complexity index is 564. The zero-order valence-electron chi connectivity index (χ0n) is 11.8. The van der Waals surface area contributed by atoms with Crippen LogP contribution in [0.3, 0.4) is 0 Å². The highest BCUT2D eigenvalue weighted by molar-refractivity contribution is 5.91. The number of carboxylic acids is 1. The Balaban J connectivity index is 2.05. The molecule has 1 aliphatic rings. The van der Waals surface area contributed by atoms with E-state index in [2.05, 4.69) is 5.32 Å². The van der Waals surface area contributed by atoms with Crippen molar-refractivity contribution in [2.45, 2.75) is 25.5 Å². The molecule has 2 rings (SSSR count). The smallest absolute Gasteiger partial charge is 0.338 e. The van der Waals surface area contributed by atoms with Gasteiger partial charge in [0.2, 0.25) is 0 Å². The Labute approximate surface area is 121 Å². The van der Waals surface area contributed by atoms with Gasteiger partial charge in [0.25, 0.3) is 0 Å². The molecule has 6 nitrogen and oxygen atoms in total. The largest absolute Gasteiger partial charge is 0.478 e. The molecule has 2 unspecified atom stereocenters. The number of halogens is 1. The fourth-order valence-corrected chi connectivity index (χ4v) is 2.36. The van der Waals surface area contributed by atoms with Crippen molar-refractivity contribution in [2.24, 2.45) is 0 Å². The summed E-state index contributed by atoms with van der Waals surface area (Å²) < 4.78 is 19.0. The molecule has 1 aromatic rings. The maximum absolute atomic E-state index is 13.5. The summed E-state index contributed by atoms with van der Waals surface area (Å²) in [5.41, 5.74) is -0.222. The van der Waals surface area contributed by atoms with Crippen molar-refractivity contribution < 1.29 is 23.8 Å². The quantitative estimate of drug-likeness (QED) is 0.896. The summed E-state index contributed by atoms with van der Waals surface area (Å²) in [6.07, 6.45) is 0.698. The molecule has 2 N–H and O–H groups in total. The van der Waals surface area contributed by atoms with E-state index in [1.807, 2.05) is 6.92 Å². The third-order valence-electron chi connectivity index (χ3n) is 3.60. The highest BCUT2D eigenvalue weighted by atomic mass is 19.1. The van der Waals surface area contributed by atoms with Crippen LogP contribution in [-0.2, 0) is 4.74 Å². The van der Waals surface area contributed by atoms with E-state index in [0.717, 1.165) is 18.6 Å². The van der Waals surface area contributed by atoms with Crippen molar-refractivity contribution >= 4 is 17.7 Å². The molecule has 2 amide bonds. The number of carboxylic acid groups (broad SMARTS) is 1. The lowest BCUT2D eigenvalue weighted by Gasteiger charge is -2.26. The van der Waals surface area contributed by atoms with E-state index in [9.17, 15) is 14.0 Å². The lowest BCUT2D eigenvalue weighted by atomic mass is 10.1. The minimum atomic E-state index is -1.35. The summed E-state index contributed by atoms with van der Waals surface area (Å²) in [6, 6.07) is 3.04. The second-order valence-electron chi connectivity index (χ2n) is 4.97. The number of nitrogens with one attached hydrogen (secondary N) is 1. The van der Waals surface area contributed by atoms with E-state index in [4.69, 9.17) is 9.84 Å². The predicted octanol–water partition coefficient (Wildman–Crippen LogP) is 2.17. The third kappa shape index (κ3) is 3.30. The fourth-order valence-electron chi connectivity index (χ4n) is 2.36. The summed E-state index contributed by atoms with van der Waals surface area (Å²) in [5.74, 6) is -2.24. The normalized spacial score (nSPS) is 21.1. The van der Waals surface area contributed by atoms with Crippen molar-refractivity contribution in [2.75, 3.05) is 19.0 Å². The number of aromatic carboxylic acids is 1. The van der Waals surface area contributed by atoms with Gasteiger partial charge < -0.3 is 20.1 Å². The Morgan fingerprint density at radius 2 is 2.19 bits per heavy atom. The number of amides is 2. The van der Waals surface area contributed by atoms with Crippen molar-refractivity contribution in [1.29, 1.82) is 0 Å². The molecule has 7 heteroatoms. The average Bonchev–Trinajstić information content (AvgIpc) is 2.83. The number of likely N-dealkylation sites (N-methyl/N-ethyl adjacent to an activating group) is 1. The number of anilines is 1. The fraction of sp³-hybridized carbons (Fsp3) is 0.429. The molecular formula is C14H17FN2O4. The molecule has 0 spiro atoms. The van der Waals surface area contributed by atoms with Gasteiger partial charge in [-0.15, -0.1) is 0 Å². The van der Waals surface area contributed by atoms with Gasteiger partial charge in [-0.3, -0.25) is 0 Å². The van der Waals surface area contributed by atoms with Crippen LogP contribution in [-0.4, -0.2) is 47.8 Å². The second kappa shape index (κ2) is 6.09. The lowest BCUT2D eigenvalue weighted by Crippen LogP contribution is -2.43. The Hall–Kier alpha value is -2.15. The van der Waals surface area contributed by atoms with E-state index >= 15 is 0 Å². The van der Waals surface area contributed by atoms with Crippen LogP contribution in [0.4, 0.5) is 14.9 Å². The molecule has 1 heterocycles. The molecular weight excluding hydrogens is 279 g/mol. The van der Waals surface area contributed by atoms with Crippen LogP contribution < -0.4 is 5.32 Å².